The highest BCUT2D eigenvalue weighted by molar-refractivity contribution is 7.46. The molecule has 2 saturated heterocycles. The van der Waals surface area contributed by atoms with Crippen molar-refractivity contribution in [3.05, 3.63) is 0 Å². The number of aliphatic hydroxyl groups excluding tert-OH is 5. The molecule has 0 aromatic rings. The van der Waals surface area contributed by atoms with Crippen LogP contribution in [0.2, 0.25) is 0 Å². The standard InChI is InChI=1S/C65H123N2O19P/c1-4-7-10-13-16-21-26-31-36-41-50(69)46-54(70)66-58-61(76)60(75)53(85-64(58)81-45-40-35-30-25-20-19-24-28-33-38-43-56(72)73)49-82-65-59(62(77)63(52(48-68)84-65)86-87(78,79)80)67-55(71)47-51(42-37-32-27-22-17-14-11-8-5-2)83-57(74)44-39-34-29-23-18-15-12-9-6-3/h50-53,58-65,68-69,75-77H,4-49H2,1-3H3,(H,66,70)(H,67,71)(H,72,73)(H2,78,79,80)/t50-,51-,52-,53-,58-,59-,60-,61-,62-,63-,64+,65-/m1/s1. The second kappa shape index (κ2) is 51.2. The number of rotatable bonds is 57. The number of hydrogen-bond donors (Lipinski definition) is 10. The fourth-order valence-corrected chi connectivity index (χ4v) is 12.2. The number of amides is 2. The molecular weight excluding hydrogens is 1140 g/mol. The van der Waals surface area contributed by atoms with E-state index < -0.39 is 118 Å². The molecule has 2 amide bonds. The molecule has 2 heterocycles. The number of ether oxygens (including phenoxy) is 5. The molecule has 0 unspecified atom stereocenters. The minimum atomic E-state index is -5.33. The van der Waals surface area contributed by atoms with Crippen molar-refractivity contribution in [3.63, 3.8) is 0 Å². The first-order valence-electron chi connectivity index (χ1n) is 34.6. The summed E-state index contributed by atoms with van der Waals surface area (Å²) in [5.41, 5.74) is 0. The van der Waals surface area contributed by atoms with Crippen LogP contribution in [0, 0.1) is 0 Å². The van der Waals surface area contributed by atoms with Gasteiger partial charge in [-0.3, -0.25) is 23.7 Å². The molecule has 512 valence electrons. The van der Waals surface area contributed by atoms with Crippen LogP contribution in [0.5, 0.6) is 0 Å². The number of aliphatic hydroxyl groups is 5. The van der Waals surface area contributed by atoms with E-state index in [1.165, 1.54) is 83.5 Å². The molecule has 21 nitrogen and oxygen atoms in total. The SMILES string of the molecule is CCCCCCCCCCCC(=O)O[C@H](CCCCCCCCCCC)CC(=O)N[C@H]1[C@H](OC[C@H]2O[C@H](OCCCCCCCCCCCCC(=O)O)[C@H](NC(=O)C[C@H](O)CCCCCCCCCCC)[C@@H](O)[C@@H]2O)O[C@H](CO)[C@@H](OP(=O)(O)O)[C@@H]1O. The van der Waals surface area contributed by atoms with Gasteiger partial charge in [-0.2, -0.15) is 0 Å². The van der Waals surface area contributed by atoms with Crippen molar-refractivity contribution in [1.82, 2.24) is 10.6 Å². The average molecular weight is 1270 g/mol. The molecule has 0 aromatic heterocycles. The van der Waals surface area contributed by atoms with Gasteiger partial charge in [0.05, 0.1) is 32.2 Å². The number of carboxylic acid groups (broad SMARTS) is 1. The highest BCUT2D eigenvalue weighted by Gasteiger charge is 2.51. The van der Waals surface area contributed by atoms with Crippen LogP contribution < -0.4 is 10.6 Å². The van der Waals surface area contributed by atoms with Crippen LogP contribution in [0.4, 0.5) is 0 Å². The van der Waals surface area contributed by atoms with E-state index in [-0.39, 0.29) is 32.3 Å². The second-order valence-corrected chi connectivity index (χ2v) is 26.0. The van der Waals surface area contributed by atoms with Gasteiger partial charge in [0, 0.05) is 19.4 Å². The Morgan fingerprint density at radius 1 is 0.494 bits per heavy atom. The molecule has 0 aliphatic carbocycles. The minimum absolute atomic E-state index is 0.151. The Morgan fingerprint density at radius 3 is 1.37 bits per heavy atom. The number of phosphoric ester groups is 1. The van der Waals surface area contributed by atoms with E-state index in [1.54, 1.807) is 0 Å². The third kappa shape index (κ3) is 39.6. The predicted molar refractivity (Wildman–Crippen MR) is 334 cm³/mol. The van der Waals surface area contributed by atoms with Crippen molar-refractivity contribution in [1.29, 1.82) is 0 Å². The molecule has 0 spiro atoms. The van der Waals surface area contributed by atoms with Gasteiger partial charge in [-0.1, -0.05) is 233 Å². The quantitative estimate of drug-likeness (QED) is 0.0154. The molecule has 2 aliphatic rings. The predicted octanol–water partition coefficient (Wildman–Crippen LogP) is 11.2. The molecule has 22 heteroatoms. The van der Waals surface area contributed by atoms with E-state index in [4.69, 9.17) is 33.3 Å². The molecule has 2 rings (SSSR count). The summed E-state index contributed by atoms with van der Waals surface area (Å²) in [6, 6.07) is -2.91. The maximum absolute atomic E-state index is 14.1. The van der Waals surface area contributed by atoms with Gasteiger partial charge in [-0.25, -0.2) is 4.57 Å². The van der Waals surface area contributed by atoms with Crippen LogP contribution in [0.3, 0.4) is 0 Å². The molecule has 12 atom stereocenters. The fraction of sp³-hybridized carbons (Fsp3) is 0.938. The van der Waals surface area contributed by atoms with Gasteiger partial charge in [0.2, 0.25) is 11.8 Å². The van der Waals surface area contributed by atoms with Gasteiger partial charge >= 0.3 is 19.8 Å². The van der Waals surface area contributed by atoms with Gasteiger partial charge in [-0.15, -0.1) is 0 Å². The van der Waals surface area contributed by atoms with Crippen LogP contribution in [0.15, 0.2) is 0 Å². The topological polar surface area (TPSA) is 327 Å². The summed E-state index contributed by atoms with van der Waals surface area (Å²) in [5, 5.41) is 70.5. The molecule has 0 saturated carbocycles. The summed E-state index contributed by atoms with van der Waals surface area (Å²) in [5.74, 6) is -2.51. The van der Waals surface area contributed by atoms with Gasteiger partial charge in [0.1, 0.15) is 54.8 Å². The minimum Gasteiger partial charge on any atom is -0.481 e. The number of unbranched alkanes of at least 4 members (excludes halogenated alkanes) is 33. The van der Waals surface area contributed by atoms with Crippen molar-refractivity contribution < 1.29 is 92.4 Å². The first-order valence-corrected chi connectivity index (χ1v) is 36.1. The number of esters is 1. The third-order valence-corrected chi connectivity index (χ3v) is 17.4. The monoisotopic (exact) mass is 1270 g/mol. The Kier molecular flexibility index (Phi) is 47.5. The zero-order valence-corrected chi connectivity index (χ0v) is 54.9. The molecule has 0 bridgehead atoms. The molecule has 87 heavy (non-hydrogen) atoms. The molecule has 0 radical (unpaired) electrons. The molecular formula is C65H123N2O19P. The Labute approximate surface area is 522 Å². The van der Waals surface area contributed by atoms with Crippen molar-refractivity contribution >= 4 is 31.6 Å². The van der Waals surface area contributed by atoms with Crippen molar-refractivity contribution in [3.8, 4) is 0 Å². The van der Waals surface area contributed by atoms with Crippen molar-refractivity contribution in [2.45, 2.75) is 370 Å². The van der Waals surface area contributed by atoms with E-state index >= 15 is 0 Å². The van der Waals surface area contributed by atoms with E-state index in [0.29, 0.717) is 38.5 Å². The third-order valence-electron chi connectivity index (χ3n) is 16.8. The van der Waals surface area contributed by atoms with Gasteiger partial charge in [0.25, 0.3) is 0 Å². The summed E-state index contributed by atoms with van der Waals surface area (Å²) >= 11 is 0. The number of phosphoric acid groups is 1. The Balaban J connectivity index is 2.24. The lowest BCUT2D eigenvalue weighted by Gasteiger charge is -2.45. The van der Waals surface area contributed by atoms with Crippen LogP contribution in [-0.2, 0) is 52.0 Å². The lowest BCUT2D eigenvalue weighted by atomic mass is 9.95. The average Bonchev–Trinajstić information content (AvgIpc) is 1.28. The fourth-order valence-electron chi connectivity index (χ4n) is 11.6. The number of hydrogen-bond acceptors (Lipinski definition) is 16. The van der Waals surface area contributed by atoms with E-state index in [2.05, 4.69) is 31.4 Å². The summed E-state index contributed by atoms with van der Waals surface area (Å²) < 4.78 is 47.6. The largest absolute Gasteiger partial charge is 0.481 e. The number of aliphatic carboxylic acids is 1. The van der Waals surface area contributed by atoms with Crippen LogP contribution >= 0.6 is 7.82 Å². The Hall–Kier alpha value is -2.37. The Morgan fingerprint density at radius 2 is 0.897 bits per heavy atom. The number of carbonyl (C=O) groups is 4. The van der Waals surface area contributed by atoms with Crippen LogP contribution in [0.1, 0.15) is 297 Å². The second-order valence-electron chi connectivity index (χ2n) is 24.9. The van der Waals surface area contributed by atoms with E-state index in [0.717, 1.165) is 128 Å². The zero-order valence-electron chi connectivity index (χ0n) is 54.0. The number of nitrogens with one attached hydrogen (secondary N) is 2. The molecule has 0 aromatic carbocycles. The van der Waals surface area contributed by atoms with Gasteiger partial charge in [-0.05, 0) is 38.5 Å². The molecule has 2 aliphatic heterocycles. The lowest BCUT2D eigenvalue weighted by Crippen LogP contribution is -2.67. The highest BCUT2D eigenvalue weighted by Crippen LogP contribution is 2.42. The molecule has 2 fully saturated rings. The first kappa shape index (κ1) is 80.7. The van der Waals surface area contributed by atoms with Crippen LogP contribution in [0.25, 0.3) is 0 Å². The van der Waals surface area contributed by atoms with Gasteiger partial charge < -0.3 is 74.7 Å². The lowest BCUT2D eigenvalue weighted by molar-refractivity contribution is -0.302. The summed E-state index contributed by atoms with van der Waals surface area (Å²) in [4.78, 5) is 71.3. The van der Waals surface area contributed by atoms with Crippen LogP contribution in [-0.4, -0.2) is 157 Å². The van der Waals surface area contributed by atoms with Crippen molar-refractivity contribution in [2.24, 2.45) is 0 Å². The smallest absolute Gasteiger partial charge is 0.470 e. The highest BCUT2D eigenvalue weighted by atomic mass is 31.2. The summed E-state index contributed by atoms with van der Waals surface area (Å²) in [7, 11) is -5.33. The summed E-state index contributed by atoms with van der Waals surface area (Å²) in [6.45, 7) is 5.19. The summed E-state index contributed by atoms with van der Waals surface area (Å²) in [6.07, 6.45) is 23.6. The normalized spacial score (nSPS) is 23.1. The van der Waals surface area contributed by atoms with E-state index in [9.17, 15) is 59.1 Å². The maximum Gasteiger partial charge on any atom is 0.470 e. The maximum atomic E-state index is 14.1. The Bertz CT molecular complexity index is 1780. The van der Waals surface area contributed by atoms with E-state index in [1.807, 2.05) is 0 Å². The van der Waals surface area contributed by atoms with Crippen molar-refractivity contribution in [2.75, 3.05) is 19.8 Å². The van der Waals surface area contributed by atoms with Gasteiger partial charge in [0.15, 0.2) is 12.6 Å². The molecule has 10 N–H and O–H groups in total. The number of carboxylic acids is 1. The zero-order chi connectivity index (χ0) is 63.9. The first-order chi connectivity index (χ1) is 41.9. The number of carbonyl (C=O) groups excluding carboxylic acids is 3.